The fourth-order valence-corrected chi connectivity index (χ4v) is 4.58. The summed E-state index contributed by atoms with van der Waals surface area (Å²) < 4.78 is 23.1. The monoisotopic (exact) mass is 303 g/mol. The fraction of sp³-hybridized carbons (Fsp3) is 0.750. The first-order valence-corrected chi connectivity index (χ1v) is 9.18. The van der Waals surface area contributed by atoms with Gasteiger partial charge in [-0.05, 0) is 26.9 Å². The highest BCUT2D eigenvalue weighted by molar-refractivity contribution is 7.91. The van der Waals surface area contributed by atoms with E-state index in [1.54, 1.807) is 11.3 Å². The number of hydrogen-bond acceptors (Lipinski definition) is 6. The van der Waals surface area contributed by atoms with Crippen molar-refractivity contribution in [1.82, 2.24) is 15.2 Å². The molecule has 2 rings (SSSR count). The maximum absolute atomic E-state index is 11.5. The van der Waals surface area contributed by atoms with E-state index >= 15 is 0 Å². The van der Waals surface area contributed by atoms with Crippen molar-refractivity contribution in [2.24, 2.45) is 0 Å². The minimum atomic E-state index is -2.83. The molecule has 1 aliphatic rings. The molecule has 0 saturated carbocycles. The number of thiazole rings is 1. The zero-order valence-corrected chi connectivity index (χ0v) is 13.1. The average Bonchev–Trinajstić information content (AvgIpc) is 2.71. The highest BCUT2D eigenvalue weighted by atomic mass is 32.2. The minimum absolute atomic E-state index is 0.101. The summed E-state index contributed by atoms with van der Waals surface area (Å²) in [7, 11) is -0.759. The van der Waals surface area contributed by atoms with E-state index in [1.807, 2.05) is 12.4 Å². The van der Waals surface area contributed by atoms with E-state index in [-0.39, 0.29) is 17.5 Å². The van der Waals surface area contributed by atoms with Crippen molar-refractivity contribution in [2.75, 3.05) is 31.6 Å². The summed E-state index contributed by atoms with van der Waals surface area (Å²) in [4.78, 5) is 7.75. The Morgan fingerprint density at radius 2 is 2.37 bits per heavy atom. The molecule has 0 aliphatic carbocycles. The van der Waals surface area contributed by atoms with Gasteiger partial charge < -0.3 is 10.2 Å². The van der Waals surface area contributed by atoms with E-state index in [1.165, 1.54) is 4.88 Å². The second kappa shape index (κ2) is 6.30. The van der Waals surface area contributed by atoms with Gasteiger partial charge in [-0.2, -0.15) is 0 Å². The molecule has 1 atom stereocenters. The first-order chi connectivity index (χ1) is 8.96. The summed E-state index contributed by atoms with van der Waals surface area (Å²) in [5.74, 6) is 0.555. The zero-order valence-electron chi connectivity index (χ0n) is 11.4. The lowest BCUT2D eigenvalue weighted by molar-refractivity contribution is 0.305. The highest BCUT2D eigenvalue weighted by Gasteiger charge is 2.24. The Balaban J connectivity index is 1.77. The van der Waals surface area contributed by atoms with E-state index < -0.39 is 9.84 Å². The van der Waals surface area contributed by atoms with Gasteiger partial charge in [0.25, 0.3) is 0 Å². The Kier molecular flexibility index (Phi) is 4.94. The predicted octanol–water partition coefficient (Wildman–Crippen LogP) is 0.660. The summed E-state index contributed by atoms with van der Waals surface area (Å²) in [5.41, 5.74) is 2.96. The molecule has 7 heteroatoms. The quantitative estimate of drug-likeness (QED) is 0.866. The molecule has 0 bridgehead atoms. The SMILES string of the molecule is Cc1ncsc1CN(C)CCC1CS(=O)(=O)CCN1. The van der Waals surface area contributed by atoms with Crippen molar-refractivity contribution < 1.29 is 8.42 Å². The summed E-state index contributed by atoms with van der Waals surface area (Å²) in [6.45, 7) is 4.39. The summed E-state index contributed by atoms with van der Waals surface area (Å²) in [6.07, 6.45) is 0.869. The summed E-state index contributed by atoms with van der Waals surface area (Å²) >= 11 is 1.67. The second-order valence-corrected chi connectivity index (χ2v) is 8.32. The lowest BCUT2D eigenvalue weighted by atomic mass is 10.2. The minimum Gasteiger partial charge on any atom is -0.312 e. The standard InChI is InChI=1S/C12H21N3O2S2/c1-10-12(18-9-14-10)7-15(2)5-3-11-8-19(16,17)6-4-13-11/h9,11,13H,3-8H2,1-2H3. The molecule has 0 spiro atoms. The van der Waals surface area contributed by atoms with Gasteiger partial charge >= 0.3 is 0 Å². The van der Waals surface area contributed by atoms with E-state index in [4.69, 9.17) is 0 Å². The fourth-order valence-electron chi connectivity index (χ4n) is 2.23. The molecule has 1 saturated heterocycles. The van der Waals surface area contributed by atoms with Crippen LogP contribution in [0.3, 0.4) is 0 Å². The topological polar surface area (TPSA) is 62.3 Å². The smallest absolute Gasteiger partial charge is 0.153 e. The van der Waals surface area contributed by atoms with E-state index in [9.17, 15) is 8.42 Å². The third kappa shape index (κ3) is 4.52. The van der Waals surface area contributed by atoms with Gasteiger partial charge in [0.15, 0.2) is 9.84 Å². The van der Waals surface area contributed by atoms with Crippen LogP contribution in [0.4, 0.5) is 0 Å². The van der Waals surface area contributed by atoms with Crippen LogP contribution in [0.1, 0.15) is 17.0 Å². The van der Waals surface area contributed by atoms with Gasteiger partial charge in [0.05, 0.1) is 22.7 Å². The van der Waals surface area contributed by atoms with Gasteiger partial charge in [-0.15, -0.1) is 11.3 Å². The molecule has 108 valence electrons. The van der Waals surface area contributed by atoms with E-state index in [0.717, 1.165) is 25.2 Å². The van der Waals surface area contributed by atoms with Crippen molar-refractivity contribution in [3.8, 4) is 0 Å². The molecular weight excluding hydrogens is 282 g/mol. The molecule has 0 amide bonds. The number of aryl methyl sites for hydroxylation is 1. The van der Waals surface area contributed by atoms with Gasteiger partial charge in [-0.25, -0.2) is 13.4 Å². The average molecular weight is 303 g/mol. The van der Waals surface area contributed by atoms with Gasteiger partial charge in [0, 0.05) is 24.0 Å². The van der Waals surface area contributed by atoms with Gasteiger partial charge in [0.1, 0.15) is 0 Å². The maximum Gasteiger partial charge on any atom is 0.153 e. The van der Waals surface area contributed by atoms with Crippen molar-refractivity contribution >= 4 is 21.2 Å². The molecule has 1 aromatic heterocycles. The predicted molar refractivity (Wildman–Crippen MR) is 78.2 cm³/mol. The summed E-state index contributed by atoms with van der Waals surface area (Å²) in [6, 6.07) is 0.101. The van der Waals surface area contributed by atoms with E-state index in [0.29, 0.717) is 6.54 Å². The van der Waals surface area contributed by atoms with Crippen LogP contribution in [0.2, 0.25) is 0 Å². The Labute approximate surface area is 119 Å². The lowest BCUT2D eigenvalue weighted by Crippen LogP contribution is -2.46. The van der Waals surface area contributed by atoms with Crippen molar-refractivity contribution in [2.45, 2.75) is 25.9 Å². The Hall–Kier alpha value is -0.500. The van der Waals surface area contributed by atoms with Crippen molar-refractivity contribution in [3.63, 3.8) is 0 Å². The molecule has 0 radical (unpaired) electrons. The second-order valence-electron chi connectivity index (χ2n) is 5.15. The number of nitrogens with one attached hydrogen (secondary N) is 1. The Morgan fingerprint density at radius 3 is 3.00 bits per heavy atom. The molecular formula is C12H21N3O2S2. The van der Waals surface area contributed by atoms with Crippen LogP contribution in [0, 0.1) is 6.92 Å². The first-order valence-electron chi connectivity index (χ1n) is 6.47. The van der Waals surface area contributed by atoms with Crippen LogP contribution in [0.5, 0.6) is 0 Å². The Bertz CT molecular complexity index is 513. The number of hydrogen-bond donors (Lipinski definition) is 1. The number of rotatable bonds is 5. The molecule has 1 unspecified atom stereocenters. The summed E-state index contributed by atoms with van der Waals surface area (Å²) in [5, 5.41) is 3.28. The van der Waals surface area contributed by atoms with Crippen LogP contribution in [-0.4, -0.2) is 56.0 Å². The third-order valence-electron chi connectivity index (χ3n) is 3.42. The Morgan fingerprint density at radius 1 is 1.58 bits per heavy atom. The van der Waals surface area contributed by atoms with Crippen molar-refractivity contribution in [1.29, 1.82) is 0 Å². The zero-order chi connectivity index (χ0) is 13.9. The number of aromatic nitrogens is 1. The molecule has 19 heavy (non-hydrogen) atoms. The van der Waals surface area contributed by atoms with Crippen LogP contribution in [0.25, 0.3) is 0 Å². The van der Waals surface area contributed by atoms with Crippen LogP contribution >= 0.6 is 11.3 Å². The molecule has 1 aromatic rings. The van der Waals surface area contributed by atoms with Crippen molar-refractivity contribution in [3.05, 3.63) is 16.1 Å². The highest BCUT2D eigenvalue weighted by Crippen LogP contribution is 2.14. The van der Waals surface area contributed by atoms with Crippen LogP contribution in [-0.2, 0) is 16.4 Å². The molecule has 2 heterocycles. The number of nitrogens with zero attached hydrogens (tertiary/aromatic N) is 2. The molecule has 0 aromatic carbocycles. The van der Waals surface area contributed by atoms with Gasteiger partial charge in [0.2, 0.25) is 0 Å². The first kappa shape index (κ1) is 14.9. The van der Waals surface area contributed by atoms with E-state index in [2.05, 4.69) is 22.2 Å². The lowest BCUT2D eigenvalue weighted by Gasteiger charge is -2.25. The molecule has 1 aliphatic heterocycles. The third-order valence-corrected chi connectivity index (χ3v) is 6.08. The largest absolute Gasteiger partial charge is 0.312 e. The van der Waals surface area contributed by atoms with Gasteiger partial charge in [-0.1, -0.05) is 0 Å². The van der Waals surface area contributed by atoms with Crippen LogP contribution < -0.4 is 5.32 Å². The van der Waals surface area contributed by atoms with Gasteiger partial charge in [-0.3, -0.25) is 0 Å². The molecule has 1 N–H and O–H groups in total. The number of sulfone groups is 1. The maximum atomic E-state index is 11.5. The molecule has 5 nitrogen and oxygen atoms in total. The van der Waals surface area contributed by atoms with Crippen LogP contribution in [0.15, 0.2) is 5.51 Å². The normalized spacial score (nSPS) is 22.8. The molecule has 1 fully saturated rings.